The highest BCUT2D eigenvalue weighted by atomic mass is 19.4. The number of amides is 1. The number of alkyl halides is 3. The van der Waals surface area contributed by atoms with Crippen LogP contribution in [0, 0.1) is 0 Å². The Balaban J connectivity index is 2.56. The number of carbonyl (C=O) groups is 1. The predicted octanol–water partition coefficient (Wildman–Crippen LogP) is 4.56. The van der Waals surface area contributed by atoms with Crippen LogP contribution in [0.4, 0.5) is 13.2 Å². The standard InChI is InChI=1S/C18H22F3NO/c1-13-8-6-7-11-17(22-14(2)23,16(13)18(19,20)21)12-15-9-4-3-5-10-15/h3-5,9-10H,6-8,11-12H2,1-2H3,(H,22,23). The Morgan fingerprint density at radius 1 is 1.22 bits per heavy atom. The summed E-state index contributed by atoms with van der Waals surface area (Å²) in [6.45, 7) is 2.82. The second kappa shape index (κ2) is 6.77. The highest BCUT2D eigenvalue weighted by molar-refractivity contribution is 5.75. The summed E-state index contributed by atoms with van der Waals surface area (Å²) in [6.07, 6.45) is -2.21. The van der Waals surface area contributed by atoms with Crippen LogP contribution in [0.1, 0.15) is 45.1 Å². The minimum absolute atomic E-state index is 0.152. The first kappa shape index (κ1) is 17.6. The maximum Gasteiger partial charge on any atom is 0.414 e. The fourth-order valence-corrected chi connectivity index (χ4v) is 3.62. The zero-order chi connectivity index (χ0) is 17.1. The molecule has 1 aliphatic carbocycles. The summed E-state index contributed by atoms with van der Waals surface area (Å²) in [5.41, 5.74) is -0.828. The lowest BCUT2D eigenvalue weighted by Crippen LogP contribution is -2.54. The van der Waals surface area contributed by atoms with Crippen LogP contribution in [0.5, 0.6) is 0 Å². The summed E-state index contributed by atoms with van der Waals surface area (Å²) in [6, 6.07) is 9.04. The second-order valence-electron chi connectivity index (χ2n) is 6.29. The Morgan fingerprint density at radius 2 is 1.87 bits per heavy atom. The smallest absolute Gasteiger partial charge is 0.346 e. The molecule has 2 rings (SSSR count). The topological polar surface area (TPSA) is 29.1 Å². The molecule has 0 saturated carbocycles. The van der Waals surface area contributed by atoms with Gasteiger partial charge in [0.1, 0.15) is 0 Å². The fraction of sp³-hybridized carbons (Fsp3) is 0.500. The normalized spacial score (nSPS) is 22.7. The van der Waals surface area contributed by atoms with Crippen molar-refractivity contribution in [2.24, 2.45) is 0 Å². The molecule has 0 radical (unpaired) electrons. The van der Waals surface area contributed by atoms with Crippen molar-refractivity contribution >= 4 is 5.91 Å². The summed E-state index contributed by atoms with van der Waals surface area (Å²) in [5.74, 6) is -0.433. The number of halogens is 3. The molecule has 0 fully saturated rings. The lowest BCUT2D eigenvalue weighted by molar-refractivity contribution is -0.123. The first-order chi connectivity index (χ1) is 10.7. The van der Waals surface area contributed by atoms with Crippen LogP contribution >= 0.6 is 0 Å². The highest BCUT2D eigenvalue weighted by Crippen LogP contribution is 2.44. The van der Waals surface area contributed by atoms with Crippen LogP contribution in [0.2, 0.25) is 0 Å². The van der Waals surface area contributed by atoms with Gasteiger partial charge in [-0.2, -0.15) is 13.2 Å². The van der Waals surface area contributed by atoms with Crippen LogP contribution in [0.25, 0.3) is 0 Å². The summed E-state index contributed by atoms with van der Waals surface area (Å²) < 4.78 is 41.4. The highest BCUT2D eigenvalue weighted by Gasteiger charge is 2.50. The van der Waals surface area contributed by atoms with E-state index in [9.17, 15) is 18.0 Å². The van der Waals surface area contributed by atoms with Crippen molar-refractivity contribution < 1.29 is 18.0 Å². The number of rotatable bonds is 3. The van der Waals surface area contributed by atoms with Crippen LogP contribution in [-0.4, -0.2) is 17.6 Å². The molecule has 126 valence electrons. The Kier molecular flexibility index (Phi) is 5.17. The van der Waals surface area contributed by atoms with E-state index in [1.54, 1.807) is 24.3 Å². The van der Waals surface area contributed by atoms with E-state index in [-0.39, 0.29) is 6.42 Å². The Labute approximate surface area is 134 Å². The SMILES string of the molecule is CC(=O)NC1(Cc2ccccc2)CCCCC(C)=C1C(F)(F)F. The largest absolute Gasteiger partial charge is 0.414 e. The van der Waals surface area contributed by atoms with E-state index in [4.69, 9.17) is 0 Å². The van der Waals surface area contributed by atoms with Crippen molar-refractivity contribution in [3.05, 3.63) is 47.0 Å². The third-order valence-electron chi connectivity index (χ3n) is 4.36. The van der Waals surface area contributed by atoms with Gasteiger partial charge in [-0.25, -0.2) is 0 Å². The summed E-state index contributed by atoms with van der Waals surface area (Å²) in [4.78, 5) is 11.7. The molecule has 23 heavy (non-hydrogen) atoms. The lowest BCUT2D eigenvalue weighted by atomic mass is 9.78. The van der Waals surface area contributed by atoms with E-state index < -0.39 is 23.2 Å². The van der Waals surface area contributed by atoms with Gasteiger partial charge >= 0.3 is 6.18 Å². The fourth-order valence-electron chi connectivity index (χ4n) is 3.62. The predicted molar refractivity (Wildman–Crippen MR) is 83.9 cm³/mol. The van der Waals surface area contributed by atoms with Crippen molar-refractivity contribution in [1.82, 2.24) is 5.32 Å². The average Bonchev–Trinajstić information content (AvgIpc) is 2.57. The van der Waals surface area contributed by atoms with Gasteiger partial charge in [0.15, 0.2) is 0 Å². The Morgan fingerprint density at radius 3 is 2.43 bits per heavy atom. The quantitative estimate of drug-likeness (QED) is 0.811. The van der Waals surface area contributed by atoms with Gasteiger partial charge in [-0.15, -0.1) is 0 Å². The number of hydrogen-bond donors (Lipinski definition) is 1. The molecule has 0 bridgehead atoms. The molecule has 1 atom stereocenters. The molecule has 2 nitrogen and oxygen atoms in total. The first-order valence-corrected chi connectivity index (χ1v) is 7.85. The second-order valence-corrected chi connectivity index (χ2v) is 6.29. The molecule has 0 saturated heterocycles. The van der Waals surface area contributed by atoms with Gasteiger partial charge in [0.05, 0.1) is 11.1 Å². The molecular formula is C18H22F3NO. The van der Waals surface area contributed by atoms with Crippen LogP contribution in [0.15, 0.2) is 41.5 Å². The van der Waals surface area contributed by atoms with Crippen LogP contribution < -0.4 is 5.32 Å². The molecule has 1 unspecified atom stereocenters. The molecule has 0 spiro atoms. The van der Waals surface area contributed by atoms with Crippen molar-refractivity contribution in [1.29, 1.82) is 0 Å². The van der Waals surface area contributed by atoms with Gasteiger partial charge in [0, 0.05) is 6.92 Å². The van der Waals surface area contributed by atoms with Crippen molar-refractivity contribution in [3.8, 4) is 0 Å². The number of hydrogen-bond acceptors (Lipinski definition) is 1. The van der Waals surface area contributed by atoms with Gasteiger partial charge in [0.2, 0.25) is 5.91 Å². The molecule has 0 aromatic heterocycles. The molecule has 0 heterocycles. The summed E-state index contributed by atoms with van der Waals surface area (Å²) >= 11 is 0. The van der Waals surface area contributed by atoms with E-state index >= 15 is 0 Å². The maximum atomic E-state index is 13.8. The first-order valence-electron chi connectivity index (χ1n) is 7.85. The van der Waals surface area contributed by atoms with E-state index in [1.807, 2.05) is 6.07 Å². The van der Waals surface area contributed by atoms with Gasteiger partial charge in [-0.3, -0.25) is 4.79 Å². The Bertz CT molecular complexity index is 592. The monoisotopic (exact) mass is 325 g/mol. The lowest BCUT2D eigenvalue weighted by Gasteiger charge is -2.38. The third kappa shape index (κ3) is 4.15. The summed E-state index contributed by atoms with van der Waals surface area (Å²) in [5, 5.41) is 2.65. The van der Waals surface area contributed by atoms with Gasteiger partial charge in [-0.1, -0.05) is 42.3 Å². The number of nitrogens with one attached hydrogen (secondary N) is 1. The molecule has 1 aromatic rings. The average molecular weight is 325 g/mol. The summed E-state index contributed by atoms with van der Waals surface area (Å²) in [7, 11) is 0. The zero-order valence-electron chi connectivity index (χ0n) is 13.5. The van der Waals surface area contributed by atoms with E-state index in [2.05, 4.69) is 5.32 Å². The Hall–Kier alpha value is -1.78. The van der Waals surface area contributed by atoms with Crippen molar-refractivity contribution in [2.75, 3.05) is 0 Å². The van der Waals surface area contributed by atoms with E-state index in [0.29, 0.717) is 31.3 Å². The third-order valence-corrected chi connectivity index (χ3v) is 4.36. The minimum atomic E-state index is -4.45. The molecular weight excluding hydrogens is 303 g/mol. The number of allylic oxidation sites excluding steroid dienone is 1. The minimum Gasteiger partial charge on any atom is -0.346 e. The van der Waals surface area contributed by atoms with Crippen LogP contribution in [0.3, 0.4) is 0 Å². The molecule has 1 aliphatic rings. The zero-order valence-corrected chi connectivity index (χ0v) is 13.5. The van der Waals surface area contributed by atoms with Crippen LogP contribution in [-0.2, 0) is 11.2 Å². The van der Waals surface area contributed by atoms with Gasteiger partial charge < -0.3 is 5.32 Å². The molecule has 1 N–H and O–H groups in total. The van der Waals surface area contributed by atoms with E-state index in [0.717, 1.165) is 5.56 Å². The van der Waals surface area contributed by atoms with Gasteiger partial charge in [0.25, 0.3) is 0 Å². The van der Waals surface area contributed by atoms with Crippen molar-refractivity contribution in [3.63, 3.8) is 0 Å². The maximum absolute atomic E-state index is 13.8. The number of carbonyl (C=O) groups excluding carboxylic acids is 1. The van der Waals surface area contributed by atoms with E-state index in [1.165, 1.54) is 13.8 Å². The van der Waals surface area contributed by atoms with Crippen molar-refractivity contribution in [2.45, 2.75) is 57.7 Å². The molecule has 5 heteroatoms. The van der Waals surface area contributed by atoms with Gasteiger partial charge in [-0.05, 0) is 38.2 Å². The molecule has 1 amide bonds. The number of benzene rings is 1. The molecule has 1 aromatic carbocycles. The molecule has 0 aliphatic heterocycles.